The molecule has 110 valence electrons. The second-order valence-corrected chi connectivity index (χ2v) is 6.56. The van der Waals surface area contributed by atoms with E-state index >= 15 is 0 Å². The fraction of sp³-hybridized carbons (Fsp3) is 0.562. The topological polar surface area (TPSA) is 46.3 Å². The number of thioether (sulfide) groups is 1. The molecule has 0 aliphatic carbocycles. The number of nitrogens with zero attached hydrogens (tertiary/aromatic N) is 1. The van der Waals surface area contributed by atoms with Crippen molar-refractivity contribution in [3.8, 4) is 0 Å². The molecule has 1 fully saturated rings. The van der Waals surface area contributed by atoms with Crippen LogP contribution in [0.4, 0.5) is 0 Å². The van der Waals surface area contributed by atoms with Gasteiger partial charge in [0.25, 0.3) is 0 Å². The summed E-state index contributed by atoms with van der Waals surface area (Å²) in [4.78, 5) is 13.8. The third-order valence-electron chi connectivity index (χ3n) is 3.93. The molecule has 3 nitrogen and oxygen atoms in total. The molecule has 0 radical (unpaired) electrons. The average molecular weight is 292 g/mol. The molecular formula is C16H24N2OS. The van der Waals surface area contributed by atoms with E-state index in [2.05, 4.69) is 17.2 Å². The van der Waals surface area contributed by atoms with E-state index in [-0.39, 0.29) is 5.91 Å². The average Bonchev–Trinajstić information content (AvgIpc) is 2.87. The second kappa shape index (κ2) is 7.70. The predicted molar refractivity (Wildman–Crippen MR) is 86.2 cm³/mol. The van der Waals surface area contributed by atoms with Gasteiger partial charge in [-0.2, -0.15) is 11.8 Å². The largest absolute Gasteiger partial charge is 0.366 e. The van der Waals surface area contributed by atoms with Gasteiger partial charge in [-0.15, -0.1) is 0 Å². The van der Waals surface area contributed by atoms with Gasteiger partial charge in [0.2, 0.25) is 5.91 Å². The molecule has 0 spiro atoms. The number of carbonyl (C=O) groups is 1. The lowest BCUT2D eigenvalue weighted by Crippen LogP contribution is -2.22. The molecule has 1 aromatic carbocycles. The summed E-state index contributed by atoms with van der Waals surface area (Å²) in [6.07, 6.45) is 5.77. The van der Waals surface area contributed by atoms with Crippen molar-refractivity contribution in [2.24, 2.45) is 11.7 Å². The predicted octanol–water partition coefficient (Wildman–Crippen LogP) is 2.40. The van der Waals surface area contributed by atoms with Gasteiger partial charge in [-0.3, -0.25) is 4.79 Å². The first-order valence-electron chi connectivity index (χ1n) is 7.29. The first kappa shape index (κ1) is 15.4. The van der Waals surface area contributed by atoms with Crippen LogP contribution in [0.2, 0.25) is 0 Å². The van der Waals surface area contributed by atoms with Crippen molar-refractivity contribution in [3.63, 3.8) is 0 Å². The molecule has 0 saturated carbocycles. The molecule has 0 aromatic heterocycles. The maximum atomic E-state index is 11.2. The molecule has 1 aliphatic rings. The van der Waals surface area contributed by atoms with Gasteiger partial charge in [-0.25, -0.2) is 0 Å². The van der Waals surface area contributed by atoms with Crippen molar-refractivity contribution in [3.05, 3.63) is 35.4 Å². The quantitative estimate of drug-likeness (QED) is 0.785. The molecule has 1 aromatic rings. The Bertz CT molecular complexity index is 450. The minimum Gasteiger partial charge on any atom is -0.366 e. The third kappa shape index (κ3) is 4.53. The van der Waals surface area contributed by atoms with Gasteiger partial charge in [-0.1, -0.05) is 12.1 Å². The van der Waals surface area contributed by atoms with Crippen LogP contribution in [0.5, 0.6) is 0 Å². The van der Waals surface area contributed by atoms with Crippen LogP contribution in [0.3, 0.4) is 0 Å². The van der Waals surface area contributed by atoms with E-state index in [1.165, 1.54) is 43.8 Å². The third-order valence-corrected chi connectivity index (χ3v) is 4.63. The summed E-state index contributed by atoms with van der Waals surface area (Å²) < 4.78 is 0. The SMILES string of the molecule is CSCCCN1CC[C@@H](Cc2cccc(C(N)=O)c2)C1. The highest BCUT2D eigenvalue weighted by Gasteiger charge is 2.22. The van der Waals surface area contributed by atoms with E-state index in [0.717, 1.165) is 6.42 Å². The Morgan fingerprint density at radius 1 is 1.50 bits per heavy atom. The van der Waals surface area contributed by atoms with Gasteiger partial charge < -0.3 is 10.6 Å². The highest BCUT2D eigenvalue weighted by molar-refractivity contribution is 7.98. The Labute approximate surface area is 125 Å². The summed E-state index contributed by atoms with van der Waals surface area (Å²) in [5.74, 6) is 1.63. The number of nitrogens with two attached hydrogens (primary N) is 1. The fourth-order valence-corrected chi connectivity index (χ4v) is 3.32. The number of primary amides is 1. The lowest BCUT2D eigenvalue weighted by Gasteiger charge is -2.15. The summed E-state index contributed by atoms with van der Waals surface area (Å²) in [7, 11) is 0. The number of likely N-dealkylation sites (tertiary alicyclic amines) is 1. The highest BCUT2D eigenvalue weighted by Crippen LogP contribution is 2.21. The van der Waals surface area contributed by atoms with E-state index < -0.39 is 0 Å². The van der Waals surface area contributed by atoms with Crippen molar-refractivity contribution >= 4 is 17.7 Å². The number of rotatable bonds is 7. The standard InChI is InChI=1S/C16H24N2OS/c1-20-9-3-7-18-8-6-14(12-18)10-13-4-2-5-15(11-13)16(17)19/h2,4-5,11,14H,3,6-10,12H2,1H3,(H2,17,19)/t14-/m0/s1. The van der Waals surface area contributed by atoms with Crippen LogP contribution in [0.1, 0.15) is 28.8 Å². The monoisotopic (exact) mass is 292 g/mol. The molecule has 1 aliphatic heterocycles. The number of amides is 1. The molecule has 2 N–H and O–H groups in total. The van der Waals surface area contributed by atoms with Gasteiger partial charge in [0.1, 0.15) is 0 Å². The summed E-state index contributed by atoms with van der Waals surface area (Å²) in [5, 5.41) is 0. The molecule has 1 saturated heterocycles. The van der Waals surface area contributed by atoms with Gasteiger partial charge in [0.15, 0.2) is 0 Å². The molecule has 0 bridgehead atoms. The zero-order valence-electron chi connectivity index (χ0n) is 12.2. The number of benzene rings is 1. The summed E-state index contributed by atoms with van der Waals surface area (Å²) >= 11 is 1.92. The summed E-state index contributed by atoms with van der Waals surface area (Å²) in [6.45, 7) is 3.63. The zero-order valence-corrected chi connectivity index (χ0v) is 13.0. The van der Waals surface area contributed by atoms with Crippen LogP contribution in [-0.2, 0) is 6.42 Å². The van der Waals surface area contributed by atoms with E-state index in [1.54, 1.807) is 6.07 Å². The molecule has 20 heavy (non-hydrogen) atoms. The van der Waals surface area contributed by atoms with E-state index in [9.17, 15) is 4.79 Å². The number of hydrogen-bond donors (Lipinski definition) is 1. The molecule has 2 rings (SSSR count). The molecule has 1 atom stereocenters. The minimum atomic E-state index is -0.336. The zero-order chi connectivity index (χ0) is 14.4. The lowest BCUT2D eigenvalue weighted by molar-refractivity contribution is 0.1000. The Kier molecular flexibility index (Phi) is 5.92. The fourth-order valence-electron chi connectivity index (χ4n) is 2.90. The normalized spacial score (nSPS) is 19.4. The van der Waals surface area contributed by atoms with Gasteiger partial charge in [-0.05, 0) is 68.0 Å². The van der Waals surface area contributed by atoms with Crippen molar-refractivity contribution in [1.29, 1.82) is 0 Å². The van der Waals surface area contributed by atoms with Crippen LogP contribution < -0.4 is 5.73 Å². The van der Waals surface area contributed by atoms with Crippen molar-refractivity contribution in [1.82, 2.24) is 4.90 Å². The molecule has 4 heteroatoms. The molecular weight excluding hydrogens is 268 g/mol. The van der Waals surface area contributed by atoms with E-state index in [0.29, 0.717) is 11.5 Å². The van der Waals surface area contributed by atoms with Crippen LogP contribution in [0, 0.1) is 5.92 Å². The Morgan fingerprint density at radius 3 is 3.10 bits per heavy atom. The highest BCUT2D eigenvalue weighted by atomic mass is 32.2. The Balaban J connectivity index is 1.82. The van der Waals surface area contributed by atoms with Gasteiger partial charge >= 0.3 is 0 Å². The van der Waals surface area contributed by atoms with Crippen LogP contribution in [-0.4, -0.2) is 42.4 Å². The number of carbonyl (C=O) groups excluding carboxylic acids is 1. The maximum absolute atomic E-state index is 11.2. The Hall–Kier alpha value is -1.00. The van der Waals surface area contributed by atoms with E-state index in [4.69, 9.17) is 5.73 Å². The minimum absolute atomic E-state index is 0.336. The molecule has 1 heterocycles. The van der Waals surface area contributed by atoms with Crippen molar-refractivity contribution < 1.29 is 4.79 Å². The molecule has 1 amide bonds. The van der Waals surface area contributed by atoms with E-state index in [1.807, 2.05) is 23.9 Å². The smallest absolute Gasteiger partial charge is 0.248 e. The second-order valence-electron chi connectivity index (χ2n) is 5.57. The van der Waals surface area contributed by atoms with Crippen LogP contribution in [0.25, 0.3) is 0 Å². The van der Waals surface area contributed by atoms with Gasteiger partial charge in [0.05, 0.1) is 0 Å². The maximum Gasteiger partial charge on any atom is 0.248 e. The Morgan fingerprint density at radius 2 is 2.35 bits per heavy atom. The summed E-state index contributed by atoms with van der Waals surface area (Å²) in [5.41, 5.74) is 7.19. The van der Waals surface area contributed by atoms with Crippen molar-refractivity contribution in [2.45, 2.75) is 19.3 Å². The molecule has 0 unspecified atom stereocenters. The van der Waals surface area contributed by atoms with Crippen LogP contribution in [0.15, 0.2) is 24.3 Å². The lowest BCUT2D eigenvalue weighted by atomic mass is 9.97. The first-order valence-corrected chi connectivity index (χ1v) is 8.68. The summed E-state index contributed by atoms with van der Waals surface area (Å²) in [6, 6.07) is 7.76. The number of hydrogen-bond acceptors (Lipinski definition) is 3. The van der Waals surface area contributed by atoms with Crippen molar-refractivity contribution in [2.75, 3.05) is 31.6 Å². The van der Waals surface area contributed by atoms with Gasteiger partial charge in [0, 0.05) is 12.1 Å². The first-order chi connectivity index (χ1) is 9.69. The van der Waals surface area contributed by atoms with Crippen LogP contribution >= 0.6 is 11.8 Å².